The number of phenols is 1. The third kappa shape index (κ3) is 8.79. The summed E-state index contributed by atoms with van der Waals surface area (Å²) >= 11 is 0. The van der Waals surface area contributed by atoms with Crippen LogP contribution in [-0.4, -0.2) is 96.1 Å². The predicted octanol–water partition coefficient (Wildman–Crippen LogP) is 5.09. The highest BCUT2D eigenvalue weighted by atomic mass is 16.7. The van der Waals surface area contributed by atoms with Crippen molar-refractivity contribution in [3.63, 3.8) is 0 Å². The van der Waals surface area contributed by atoms with Gasteiger partial charge in [-0.05, 0) is 32.1 Å². The van der Waals surface area contributed by atoms with Crippen molar-refractivity contribution in [2.24, 2.45) is 23.7 Å². The van der Waals surface area contributed by atoms with Crippen molar-refractivity contribution >= 4 is 34.9 Å². The van der Waals surface area contributed by atoms with Crippen molar-refractivity contribution in [3.8, 4) is 23.0 Å². The monoisotopic (exact) mass is 846 g/mol. The maximum atomic E-state index is 14.8. The second-order valence-electron chi connectivity index (χ2n) is 15.7. The minimum Gasteiger partial charge on any atom is -0.507 e. The van der Waals surface area contributed by atoms with Gasteiger partial charge in [0.2, 0.25) is 11.6 Å². The number of ether oxygens (including phenoxy) is 6. The fraction of sp³-hybridized carbons (Fsp3) is 0.444. The Hall–Kier alpha value is -5.97. The number of benzene rings is 2. The van der Waals surface area contributed by atoms with Crippen LogP contribution in [0.4, 0.5) is 5.69 Å². The smallest absolute Gasteiger partial charge is 0.312 e. The van der Waals surface area contributed by atoms with Gasteiger partial charge in [-0.2, -0.15) is 0 Å². The minimum atomic E-state index is -2.13. The molecule has 0 spiro atoms. The van der Waals surface area contributed by atoms with Crippen molar-refractivity contribution in [1.82, 2.24) is 5.32 Å². The summed E-state index contributed by atoms with van der Waals surface area (Å²) in [5.74, 6) is -9.12. The minimum absolute atomic E-state index is 0.0426. The molecule has 0 aromatic heterocycles. The molecule has 16 nitrogen and oxygen atoms in total. The van der Waals surface area contributed by atoms with Crippen LogP contribution in [0.3, 0.4) is 0 Å². The zero-order valence-corrected chi connectivity index (χ0v) is 36.1. The number of fused-ring (bicyclic) bond motifs is 14. The molecule has 16 heteroatoms. The van der Waals surface area contributed by atoms with Crippen LogP contribution in [0.1, 0.15) is 85.1 Å². The summed E-state index contributed by atoms with van der Waals surface area (Å²) in [6, 6.07) is 4.59. The maximum absolute atomic E-state index is 14.8. The molecule has 2 aromatic rings. The number of methoxy groups -OCH3 is 3. The predicted molar refractivity (Wildman–Crippen MR) is 221 cm³/mol. The summed E-state index contributed by atoms with van der Waals surface area (Å²) < 4.78 is 34.3. The van der Waals surface area contributed by atoms with Gasteiger partial charge in [-0.3, -0.25) is 24.0 Å². The van der Waals surface area contributed by atoms with Crippen LogP contribution < -0.4 is 24.8 Å². The van der Waals surface area contributed by atoms with Gasteiger partial charge in [-0.25, -0.2) is 0 Å². The average Bonchev–Trinajstić information content (AvgIpc) is 3.50. The molecule has 0 fully saturated rings. The molecule has 1 amide bonds. The number of Topliss-reactive ketones (excluding diaryl/α,β-unsaturated/α-hetero) is 3. The van der Waals surface area contributed by atoms with E-state index in [2.05, 4.69) is 10.6 Å². The number of allylic oxidation sites excluding steroid dienone is 4. The molecule has 0 saturated heterocycles. The number of ketones is 3. The number of rotatable bonds is 6. The standard InChI is InChI=1S/C45H54N2O14/c1-20-13-12-14-21(2)44(55)47-35-34(46-27-15-16-29(57-10)30(19-27)58-11)39(52)31-32(40(35)53)38(51)25(6)42-33(31)43(54)45(8,61-42)59-18-17-28(56-9)22(3)41(60-26(7)48)24(5)37(50)23(4)36(20)49/h12-20,22-24,28,36-37,41,46,49-51H,1-11H3,(H,47,55). The SMILES string of the molecule is COc1ccc(NC2=C3NC(=O)C(C)=CC=CC(C)C(O)C(C)C(O)C(C)C(OC(C)=O)C(C)C(OC)C=COC4(C)Oc5c(C)c(O)c(c(c5C4=O)C2=O)C3=O)cc1OC. The number of esters is 1. The Morgan fingerprint density at radius 1 is 0.869 bits per heavy atom. The molecular formula is C45H54N2O14. The van der Waals surface area contributed by atoms with Gasteiger partial charge >= 0.3 is 11.8 Å². The zero-order chi connectivity index (χ0) is 45.2. The first-order valence-electron chi connectivity index (χ1n) is 19.8. The lowest BCUT2D eigenvalue weighted by molar-refractivity contribution is -0.160. The second kappa shape index (κ2) is 18.3. The van der Waals surface area contributed by atoms with Gasteiger partial charge in [0, 0.05) is 67.5 Å². The van der Waals surface area contributed by atoms with Crippen molar-refractivity contribution < 1.29 is 67.7 Å². The Kier molecular flexibility index (Phi) is 13.9. The molecule has 2 aromatic carbocycles. The molecule has 5 N–H and O–H groups in total. The summed E-state index contributed by atoms with van der Waals surface area (Å²) in [5.41, 5.74) is -1.99. The number of hydrogen-bond acceptors (Lipinski definition) is 15. The van der Waals surface area contributed by atoms with Gasteiger partial charge in [-0.15, -0.1) is 0 Å². The summed E-state index contributed by atoms with van der Waals surface area (Å²) in [7, 11) is 4.26. The van der Waals surface area contributed by atoms with Gasteiger partial charge in [0.25, 0.3) is 11.7 Å². The first kappa shape index (κ1) is 46.1. The highest BCUT2D eigenvalue weighted by Gasteiger charge is 2.53. The Labute approximate surface area is 354 Å². The largest absolute Gasteiger partial charge is 0.507 e. The fourth-order valence-electron chi connectivity index (χ4n) is 7.87. The van der Waals surface area contributed by atoms with E-state index in [-0.39, 0.29) is 33.9 Å². The van der Waals surface area contributed by atoms with Crippen molar-refractivity contribution in [2.45, 2.75) is 85.6 Å². The van der Waals surface area contributed by atoms with Crippen LogP contribution in [0.5, 0.6) is 23.0 Å². The third-order valence-electron chi connectivity index (χ3n) is 11.6. The number of anilines is 1. The Bertz CT molecular complexity index is 2240. The van der Waals surface area contributed by atoms with Crippen LogP contribution in [0, 0.1) is 30.6 Å². The van der Waals surface area contributed by atoms with Gasteiger partial charge in [-0.1, -0.05) is 45.9 Å². The van der Waals surface area contributed by atoms with Gasteiger partial charge in [0.1, 0.15) is 29.0 Å². The van der Waals surface area contributed by atoms with Crippen LogP contribution >= 0.6 is 0 Å². The molecule has 0 saturated carbocycles. The zero-order valence-electron chi connectivity index (χ0n) is 36.1. The number of phenolic OH excluding ortho intramolecular Hbond substituents is 1. The topological polar surface area (TPSA) is 225 Å². The summed E-state index contributed by atoms with van der Waals surface area (Å²) in [4.78, 5) is 69.9. The molecule has 328 valence electrons. The summed E-state index contributed by atoms with van der Waals surface area (Å²) in [6.07, 6.45) is 3.21. The van der Waals surface area contributed by atoms with E-state index in [1.54, 1.807) is 39.8 Å². The van der Waals surface area contributed by atoms with E-state index in [9.17, 15) is 39.3 Å². The molecule has 0 radical (unpaired) electrons. The fourth-order valence-corrected chi connectivity index (χ4v) is 7.87. The van der Waals surface area contributed by atoms with Crippen LogP contribution in [-0.2, 0) is 23.8 Å². The van der Waals surface area contributed by atoms with E-state index in [1.165, 1.54) is 79.4 Å². The number of aliphatic hydroxyl groups excluding tert-OH is 2. The van der Waals surface area contributed by atoms with Gasteiger partial charge in [0.15, 0.2) is 11.5 Å². The van der Waals surface area contributed by atoms with Gasteiger partial charge < -0.3 is 54.4 Å². The maximum Gasteiger partial charge on any atom is 0.312 e. The lowest BCUT2D eigenvalue weighted by Gasteiger charge is -2.38. The molecule has 1 aliphatic carbocycles. The number of hydrogen-bond donors (Lipinski definition) is 5. The Morgan fingerprint density at radius 3 is 2.16 bits per heavy atom. The van der Waals surface area contributed by atoms with Crippen molar-refractivity contribution in [1.29, 1.82) is 0 Å². The lowest BCUT2D eigenvalue weighted by atomic mass is 9.78. The van der Waals surface area contributed by atoms with Crippen molar-refractivity contribution in [3.05, 3.63) is 88.0 Å². The first-order valence-corrected chi connectivity index (χ1v) is 19.8. The normalized spacial score (nSPS) is 28.4. The molecule has 9 unspecified atom stereocenters. The highest BCUT2D eigenvalue weighted by molar-refractivity contribution is 6.33. The lowest BCUT2D eigenvalue weighted by Crippen LogP contribution is -2.46. The van der Waals surface area contributed by atoms with E-state index >= 15 is 0 Å². The molecular weight excluding hydrogens is 792 g/mol. The number of aliphatic hydroxyl groups is 2. The van der Waals surface area contributed by atoms with E-state index in [0.29, 0.717) is 5.75 Å². The number of carbonyl (C=O) groups excluding carboxylic acids is 5. The molecule has 9 atom stereocenters. The summed E-state index contributed by atoms with van der Waals surface area (Å²) in [6.45, 7) is 12.2. The van der Waals surface area contributed by atoms with E-state index in [4.69, 9.17) is 28.4 Å². The second-order valence-corrected chi connectivity index (χ2v) is 15.7. The van der Waals surface area contributed by atoms with Crippen LogP contribution in [0.15, 0.2) is 65.7 Å². The molecule has 4 aliphatic rings. The van der Waals surface area contributed by atoms with Crippen LogP contribution in [0.2, 0.25) is 0 Å². The number of aromatic hydroxyl groups is 1. The molecule has 3 heterocycles. The van der Waals surface area contributed by atoms with Crippen molar-refractivity contribution in [2.75, 3.05) is 26.6 Å². The van der Waals surface area contributed by atoms with E-state index in [1.807, 2.05) is 0 Å². The number of carbonyl (C=O) groups is 5. The Balaban J connectivity index is 1.70. The van der Waals surface area contributed by atoms with Crippen LogP contribution in [0.25, 0.3) is 0 Å². The highest BCUT2D eigenvalue weighted by Crippen LogP contribution is 2.49. The van der Waals surface area contributed by atoms with E-state index in [0.717, 1.165) is 6.26 Å². The average molecular weight is 847 g/mol. The molecule has 3 aliphatic heterocycles. The first-order chi connectivity index (χ1) is 28.7. The molecule has 5 bridgehead atoms. The van der Waals surface area contributed by atoms with Gasteiger partial charge in [0.05, 0.1) is 55.5 Å². The van der Waals surface area contributed by atoms with E-state index < -0.39 is 111 Å². The quantitative estimate of drug-likeness (QED) is 0.239. The molecule has 6 rings (SSSR count). The molecule has 61 heavy (non-hydrogen) atoms. The Morgan fingerprint density at radius 2 is 1.54 bits per heavy atom. The number of nitrogens with one attached hydrogen (secondary N) is 2. The third-order valence-corrected chi connectivity index (χ3v) is 11.6. The number of amides is 1. The summed E-state index contributed by atoms with van der Waals surface area (Å²) in [5, 5.41) is 39.9.